The van der Waals surface area contributed by atoms with Crippen molar-refractivity contribution >= 4 is 5.91 Å². The molecule has 1 amide bonds. The molecule has 60 valence electrons. The number of hydrogen-bond acceptors (Lipinski definition) is 2. The molecule has 0 radical (unpaired) electrons. The minimum atomic E-state index is -0.613. The van der Waals surface area contributed by atoms with Gasteiger partial charge < -0.3 is 10.8 Å². The average Bonchev–Trinajstić information content (AvgIpc) is 1.88. The van der Waals surface area contributed by atoms with Gasteiger partial charge in [0.05, 0.1) is 5.56 Å². The molecule has 0 heterocycles. The molecule has 4 heteroatoms. The van der Waals surface area contributed by atoms with Crippen LogP contribution in [-0.2, 0) is 0 Å². The molecule has 1 aromatic rings. The summed E-state index contributed by atoms with van der Waals surface area (Å²) in [7, 11) is 0. The molecule has 0 aliphatic rings. The summed E-state index contributed by atoms with van der Waals surface area (Å²) in [4.78, 5) is 10.5. The summed E-state index contributed by atoms with van der Waals surface area (Å²) in [5.41, 5.74) is 5.07. The molecule has 0 aromatic heterocycles. The van der Waals surface area contributed by atoms with Crippen LogP contribution in [0.3, 0.4) is 0 Å². The molecule has 0 aliphatic carbocycles. The van der Waals surface area contributed by atoms with Crippen molar-refractivity contribution in [1.29, 1.82) is 0 Å². The zero-order chi connectivity index (χ0) is 7.56. The summed E-state index contributed by atoms with van der Waals surface area (Å²) < 4.78 is 0. The Morgan fingerprint density at radius 1 is 1.36 bits per heavy atom. The SMILES string of the molecule is F.NC(=O)c1ccccc1O. The third kappa shape index (κ3) is 1.93. The Balaban J connectivity index is 0.000001000. The lowest BCUT2D eigenvalue weighted by Crippen LogP contribution is -2.10. The van der Waals surface area contributed by atoms with Gasteiger partial charge in [0.25, 0.3) is 5.91 Å². The molecule has 1 aromatic carbocycles. The van der Waals surface area contributed by atoms with Crippen LogP contribution < -0.4 is 5.73 Å². The molecule has 1 rings (SSSR count). The Morgan fingerprint density at radius 2 is 1.91 bits per heavy atom. The first-order valence-electron chi connectivity index (χ1n) is 2.79. The number of carbonyl (C=O) groups is 1. The van der Waals surface area contributed by atoms with Gasteiger partial charge in [0.2, 0.25) is 0 Å². The monoisotopic (exact) mass is 157 g/mol. The maximum absolute atomic E-state index is 10.5. The standard InChI is InChI=1S/C7H7NO2.FH/c8-7(10)5-3-1-2-4-6(5)9;/h1-4,9H,(H2,8,10);1H. The number of benzene rings is 1. The molecule has 0 saturated carbocycles. The summed E-state index contributed by atoms with van der Waals surface area (Å²) >= 11 is 0. The number of aromatic hydroxyl groups is 1. The lowest BCUT2D eigenvalue weighted by atomic mass is 10.2. The van der Waals surface area contributed by atoms with Gasteiger partial charge >= 0.3 is 0 Å². The fraction of sp³-hybridized carbons (Fsp3) is 0. The van der Waals surface area contributed by atoms with Crippen molar-refractivity contribution in [3.63, 3.8) is 0 Å². The highest BCUT2D eigenvalue weighted by molar-refractivity contribution is 5.95. The Kier molecular flexibility index (Phi) is 3.04. The highest BCUT2D eigenvalue weighted by Crippen LogP contribution is 2.13. The minimum absolute atomic E-state index is 0. The van der Waals surface area contributed by atoms with Gasteiger partial charge in [-0.2, -0.15) is 0 Å². The van der Waals surface area contributed by atoms with Gasteiger partial charge in [-0.3, -0.25) is 9.50 Å². The van der Waals surface area contributed by atoms with E-state index in [0.29, 0.717) is 0 Å². The van der Waals surface area contributed by atoms with E-state index in [1.165, 1.54) is 12.1 Å². The maximum atomic E-state index is 10.5. The number of para-hydroxylation sites is 1. The normalized spacial score (nSPS) is 8.36. The van der Waals surface area contributed by atoms with Crippen LogP contribution in [-0.4, -0.2) is 11.0 Å². The minimum Gasteiger partial charge on any atom is -0.507 e. The number of halogens is 1. The lowest BCUT2D eigenvalue weighted by Gasteiger charge is -1.96. The predicted octanol–water partition coefficient (Wildman–Crippen LogP) is 0.644. The number of carbonyl (C=O) groups excluding carboxylic acids is 1. The van der Waals surface area contributed by atoms with Gasteiger partial charge in [-0.1, -0.05) is 12.1 Å². The van der Waals surface area contributed by atoms with Crippen LogP contribution in [0.5, 0.6) is 5.75 Å². The number of amides is 1. The fourth-order valence-corrected chi connectivity index (χ4v) is 0.682. The first-order chi connectivity index (χ1) is 4.72. The molecule has 3 nitrogen and oxygen atoms in total. The fourth-order valence-electron chi connectivity index (χ4n) is 0.682. The number of hydrogen-bond donors (Lipinski definition) is 2. The molecule has 0 fully saturated rings. The van der Waals surface area contributed by atoms with Crippen molar-refractivity contribution in [3.8, 4) is 5.75 Å². The van der Waals surface area contributed by atoms with E-state index in [-0.39, 0.29) is 16.0 Å². The summed E-state index contributed by atoms with van der Waals surface area (Å²) in [5, 5.41) is 8.98. The van der Waals surface area contributed by atoms with Crippen LogP contribution in [0.15, 0.2) is 24.3 Å². The quantitative estimate of drug-likeness (QED) is 0.628. The number of rotatable bonds is 1. The highest BCUT2D eigenvalue weighted by Gasteiger charge is 2.03. The van der Waals surface area contributed by atoms with Crippen LogP contribution >= 0.6 is 0 Å². The molecular weight excluding hydrogens is 149 g/mol. The van der Waals surface area contributed by atoms with E-state index in [0.717, 1.165) is 0 Å². The van der Waals surface area contributed by atoms with Gasteiger partial charge in [-0.15, -0.1) is 0 Å². The van der Waals surface area contributed by atoms with Gasteiger partial charge in [0.1, 0.15) is 5.75 Å². The molecule has 0 spiro atoms. The van der Waals surface area contributed by atoms with E-state index in [2.05, 4.69) is 0 Å². The third-order valence-electron chi connectivity index (χ3n) is 1.17. The second kappa shape index (κ2) is 3.55. The molecule has 11 heavy (non-hydrogen) atoms. The van der Waals surface area contributed by atoms with E-state index < -0.39 is 5.91 Å². The smallest absolute Gasteiger partial charge is 0.252 e. The zero-order valence-corrected chi connectivity index (χ0v) is 5.65. The largest absolute Gasteiger partial charge is 0.507 e. The van der Waals surface area contributed by atoms with Gasteiger partial charge in [0, 0.05) is 0 Å². The zero-order valence-electron chi connectivity index (χ0n) is 5.65. The Morgan fingerprint density at radius 3 is 2.27 bits per heavy atom. The van der Waals surface area contributed by atoms with Crippen LogP contribution in [0, 0.1) is 0 Å². The maximum Gasteiger partial charge on any atom is 0.252 e. The highest BCUT2D eigenvalue weighted by atomic mass is 19.0. The summed E-state index contributed by atoms with van der Waals surface area (Å²) in [5.74, 6) is -0.687. The van der Waals surface area contributed by atoms with Crippen molar-refractivity contribution < 1.29 is 14.6 Å². The van der Waals surface area contributed by atoms with E-state index in [1.807, 2.05) is 0 Å². The summed E-state index contributed by atoms with van der Waals surface area (Å²) in [6, 6.07) is 6.15. The Hall–Kier alpha value is -1.58. The second-order valence-electron chi connectivity index (χ2n) is 1.88. The predicted molar refractivity (Wildman–Crippen MR) is 39.1 cm³/mol. The first kappa shape index (κ1) is 9.42. The van der Waals surface area contributed by atoms with Crippen molar-refractivity contribution in [2.75, 3.05) is 0 Å². The molecule has 0 saturated heterocycles. The van der Waals surface area contributed by atoms with E-state index in [9.17, 15) is 4.79 Å². The van der Waals surface area contributed by atoms with Crippen molar-refractivity contribution in [2.45, 2.75) is 0 Å². The van der Waals surface area contributed by atoms with Crippen LogP contribution in [0.25, 0.3) is 0 Å². The number of nitrogens with two attached hydrogens (primary N) is 1. The molecule has 0 aliphatic heterocycles. The number of phenols is 1. The molecule has 3 N–H and O–H groups in total. The Bertz CT molecular complexity index is 262. The van der Waals surface area contributed by atoms with Crippen molar-refractivity contribution in [3.05, 3.63) is 29.8 Å². The van der Waals surface area contributed by atoms with Crippen molar-refractivity contribution in [2.24, 2.45) is 5.73 Å². The van der Waals surface area contributed by atoms with Crippen molar-refractivity contribution in [1.82, 2.24) is 0 Å². The number of primary amides is 1. The van der Waals surface area contributed by atoms with Crippen LogP contribution in [0.1, 0.15) is 10.4 Å². The lowest BCUT2D eigenvalue weighted by molar-refractivity contribution is 0.0998. The topological polar surface area (TPSA) is 63.3 Å². The molecule has 0 atom stereocenters. The average molecular weight is 157 g/mol. The Labute approximate surface area is 62.8 Å². The van der Waals surface area contributed by atoms with Crippen LogP contribution in [0.2, 0.25) is 0 Å². The van der Waals surface area contributed by atoms with Crippen LogP contribution in [0.4, 0.5) is 4.70 Å². The van der Waals surface area contributed by atoms with Gasteiger partial charge in [-0.25, -0.2) is 0 Å². The first-order valence-corrected chi connectivity index (χ1v) is 2.79. The van der Waals surface area contributed by atoms with E-state index in [1.54, 1.807) is 12.1 Å². The molecular formula is C7H8FNO2. The molecule has 0 bridgehead atoms. The second-order valence-corrected chi connectivity index (χ2v) is 1.88. The van der Waals surface area contributed by atoms with E-state index in [4.69, 9.17) is 10.8 Å². The third-order valence-corrected chi connectivity index (χ3v) is 1.17. The van der Waals surface area contributed by atoms with Gasteiger partial charge in [-0.05, 0) is 12.1 Å². The molecule has 0 unspecified atom stereocenters. The summed E-state index contributed by atoms with van der Waals surface area (Å²) in [6.45, 7) is 0. The summed E-state index contributed by atoms with van der Waals surface area (Å²) in [6.07, 6.45) is 0. The van der Waals surface area contributed by atoms with E-state index >= 15 is 0 Å². The van der Waals surface area contributed by atoms with Gasteiger partial charge in [0.15, 0.2) is 0 Å².